The van der Waals surface area contributed by atoms with E-state index in [1.54, 1.807) is 0 Å². The first kappa shape index (κ1) is 13.8. The minimum atomic E-state index is -0.880. The number of aryl methyl sites for hydroxylation is 2. The molecule has 1 fully saturated rings. The lowest BCUT2D eigenvalue weighted by molar-refractivity contribution is 0.0696. The number of hydrogen-bond donors (Lipinski definition) is 1. The van der Waals surface area contributed by atoms with E-state index in [1.807, 2.05) is 19.9 Å². The summed E-state index contributed by atoms with van der Waals surface area (Å²) in [6.07, 6.45) is 2.22. The summed E-state index contributed by atoms with van der Waals surface area (Å²) in [5.41, 5.74) is 2.04. The van der Waals surface area contributed by atoms with Crippen LogP contribution in [0.1, 0.15) is 48.3 Å². The summed E-state index contributed by atoms with van der Waals surface area (Å²) >= 11 is 0. The molecule has 1 N–H and O–H groups in total. The van der Waals surface area contributed by atoms with Crippen molar-refractivity contribution in [3.63, 3.8) is 0 Å². The molecule has 1 saturated heterocycles. The van der Waals surface area contributed by atoms with Gasteiger partial charge in [-0.1, -0.05) is 13.8 Å². The van der Waals surface area contributed by atoms with E-state index in [0.29, 0.717) is 23.3 Å². The molecule has 0 radical (unpaired) electrons. The van der Waals surface area contributed by atoms with Crippen LogP contribution in [0.2, 0.25) is 0 Å². The molecule has 1 aliphatic heterocycles. The molecule has 1 aromatic heterocycles. The summed E-state index contributed by atoms with van der Waals surface area (Å²) in [4.78, 5) is 18.2. The number of aromatic nitrogens is 1. The van der Waals surface area contributed by atoms with E-state index < -0.39 is 5.97 Å². The zero-order valence-electron chi connectivity index (χ0n) is 12.1. The van der Waals surface area contributed by atoms with Crippen molar-refractivity contribution in [2.45, 2.75) is 46.6 Å². The summed E-state index contributed by atoms with van der Waals surface area (Å²) in [7, 11) is 0. The van der Waals surface area contributed by atoms with E-state index in [2.05, 4.69) is 23.7 Å². The summed E-state index contributed by atoms with van der Waals surface area (Å²) in [6.45, 7) is 9.04. The number of aromatic carboxylic acids is 1. The number of carbonyl (C=O) groups is 1. The summed E-state index contributed by atoms with van der Waals surface area (Å²) < 4.78 is 0. The fraction of sp³-hybridized carbons (Fsp3) is 0.600. The van der Waals surface area contributed by atoms with Gasteiger partial charge in [0.25, 0.3) is 0 Å². The fourth-order valence-corrected chi connectivity index (χ4v) is 3.04. The lowest BCUT2D eigenvalue weighted by Gasteiger charge is -2.30. The molecule has 4 heteroatoms. The van der Waals surface area contributed by atoms with Crippen LogP contribution in [0.4, 0.5) is 5.82 Å². The second kappa shape index (κ2) is 5.19. The van der Waals surface area contributed by atoms with E-state index in [-0.39, 0.29) is 0 Å². The third-order valence-corrected chi connectivity index (χ3v) is 3.88. The zero-order chi connectivity index (χ0) is 14.2. The Kier molecular flexibility index (Phi) is 3.78. The number of carboxylic acids is 1. The second-order valence-corrected chi connectivity index (χ2v) is 5.73. The van der Waals surface area contributed by atoms with Gasteiger partial charge in [0.05, 0.1) is 0 Å². The van der Waals surface area contributed by atoms with Crippen LogP contribution in [0, 0.1) is 19.8 Å². The number of anilines is 1. The first-order valence-corrected chi connectivity index (χ1v) is 6.90. The Balaban J connectivity index is 2.51. The number of pyridine rings is 1. The van der Waals surface area contributed by atoms with E-state index in [0.717, 1.165) is 30.6 Å². The van der Waals surface area contributed by atoms with Gasteiger partial charge >= 0.3 is 5.97 Å². The lowest BCUT2D eigenvalue weighted by atomic mass is 10.0. The van der Waals surface area contributed by atoms with E-state index in [9.17, 15) is 9.90 Å². The van der Waals surface area contributed by atoms with E-state index in [1.165, 1.54) is 0 Å². The molecule has 2 heterocycles. The predicted octanol–water partition coefficient (Wildman–Crippen LogP) is 3.02. The molecule has 0 aromatic carbocycles. The van der Waals surface area contributed by atoms with Crippen molar-refractivity contribution in [1.82, 2.24) is 4.98 Å². The van der Waals surface area contributed by atoms with Gasteiger partial charge in [-0.25, -0.2) is 9.78 Å². The summed E-state index contributed by atoms with van der Waals surface area (Å²) in [6, 6.07) is 2.24. The predicted molar refractivity (Wildman–Crippen MR) is 75.9 cm³/mol. The maximum Gasteiger partial charge on any atom is 0.339 e. The highest BCUT2D eigenvalue weighted by atomic mass is 16.4. The average Bonchev–Trinajstić information content (AvgIpc) is 2.75. The van der Waals surface area contributed by atoms with Crippen LogP contribution >= 0.6 is 0 Å². The van der Waals surface area contributed by atoms with Gasteiger partial charge in [-0.2, -0.15) is 0 Å². The quantitative estimate of drug-likeness (QED) is 0.909. The number of nitrogens with zero attached hydrogens (tertiary/aromatic N) is 2. The highest BCUT2D eigenvalue weighted by Gasteiger charge is 2.31. The topological polar surface area (TPSA) is 53.4 Å². The van der Waals surface area contributed by atoms with Crippen molar-refractivity contribution in [3.8, 4) is 0 Å². The highest BCUT2D eigenvalue weighted by Crippen LogP contribution is 2.32. The largest absolute Gasteiger partial charge is 0.478 e. The molecule has 1 atom stereocenters. The summed E-state index contributed by atoms with van der Waals surface area (Å²) in [5.74, 6) is 0.280. The molecule has 0 amide bonds. The van der Waals surface area contributed by atoms with Crippen molar-refractivity contribution in [1.29, 1.82) is 0 Å². The van der Waals surface area contributed by atoms with Gasteiger partial charge in [0, 0.05) is 18.3 Å². The normalized spacial score (nSPS) is 19.2. The smallest absolute Gasteiger partial charge is 0.339 e. The van der Waals surface area contributed by atoms with E-state index in [4.69, 9.17) is 0 Å². The Labute approximate surface area is 114 Å². The average molecular weight is 262 g/mol. The van der Waals surface area contributed by atoms with Gasteiger partial charge in [-0.05, 0) is 44.2 Å². The molecule has 2 rings (SSSR count). The van der Waals surface area contributed by atoms with Crippen molar-refractivity contribution < 1.29 is 9.90 Å². The molecule has 1 unspecified atom stereocenters. The SMILES string of the molecule is Cc1cc(C)c(C(=O)O)c(N2CCCC2C(C)C)n1. The van der Waals surface area contributed by atoms with Crippen molar-refractivity contribution >= 4 is 11.8 Å². The van der Waals surface area contributed by atoms with E-state index >= 15 is 0 Å². The van der Waals surface area contributed by atoms with Crippen LogP contribution in [-0.2, 0) is 0 Å². The van der Waals surface area contributed by atoms with Crippen LogP contribution in [-0.4, -0.2) is 28.6 Å². The Morgan fingerprint density at radius 3 is 2.74 bits per heavy atom. The van der Waals surface area contributed by atoms with Gasteiger partial charge in [-0.3, -0.25) is 0 Å². The Morgan fingerprint density at radius 1 is 1.47 bits per heavy atom. The van der Waals surface area contributed by atoms with Crippen LogP contribution in [0.3, 0.4) is 0 Å². The van der Waals surface area contributed by atoms with Crippen LogP contribution in [0.15, 0.2) is 6.07 Å². The lowest BCUT2D eigenvalue weighted by Crippen LogP contribution is -2.35. The maximum atomic E-state index is 11.5. The minimum Gasteiger partial charge on any atom is -0.478 e. The zero-order valence-corrected chi connectivity index (χ0v) is 12.1. The molecule has 1 aliphatic rings. The molecule has 4 nitrogen and oxygen atoms in total. The molecule has 0 spiro atoms. The second-order valence-electron chi connectivity index (χ2n) is 5.73. The number of hydrogen-bond acceptors (Lipinski definition) is 3. The third kappa shape index (κ3) is 2.57. The molecule has 19 heavy (non-hydrogen) atoms. The van der Waals surface area contributed by atoms with Crippen LogP contribution in [0.5, 0.6) is 0 Å². The van der Waals surface area contributed by atoms with Gasteiger partial charge in [0.2, 0.25) is 0 Å². The Bertz CT molecular complexity index is 497. The first-order chi connectivity index (χ1) is 8.91. The van der Waals surface area contributed by atoms with Gasteiger partial charge in [0.1, 0.15) is 11.4 Å². The molecule has 0 aliphatic carbocycles. The van der Waals surface area contributed by atoms with Crippen LogP contribution < -0.4 is 4.90 Å². The van der Waals surface area contributed by atoms with Crippen molar-refractivity contribution in [2.75, 3.05) is 11.4 Å². The molecule has 0 saturated carbocycles. The molecular weight excluding hydrogens is 240 g/mol. The standard InChI is InChI=1S/C15H22N2O2/c1-9(2)12-6-5-7-17(12)14-13(15(18)19)10(3)8-11(4)16-14/h8-9,12H,5-7H2,1-4H3,(H,18,19). The molecular formula is C15H22N2O2. The summed E-state index contributed by atoms with van der Waals surface area (Å²) in [5, 5.41) is 9.46. The number of carboxylic acid groups (broad SMARTS) is 1. The van der Waals surface area contributed by atoms with Crippen LogP contribution in [0.25, 0.3) is 0 Å². The number of rotatable bonds is 3. The molecule has 1 aromatic rings. The van der Waals surface area contributed by atoms with Gasteiger partial charge < -0.3 is 10.0 Å². The molecule has 104 valence electrons. The minimum absolute atomic E-state index is 0.359. The van der Waals surface area contributed by atoms with Gasteiger partial charge in [-0.15, -0.1) is 0 Å². The Morgan fingerprint density at radius 2 is 2.16 bits per heavy atom. The molecule has 0 bridgehead atoms. The highest BCUT2D eigenvalue weighted by molar-refractivity contribution is 5.95. The third-order valence-electron chi connectivity index (χ3n) is 3.88. The fourth-order valence-electron chi connectivity index (χ4n) is 3.04. The van der Waals surface area contributed by atoms with Gasteiger partial charge in [0.15, 0.2) is 0 Å². The Hall–Kier alpha value is -1.58. The monoisotopic (exact) mass is 262 g/mol. The van der Waals surface area contributed by atoms with Crippen molar-refractivity contribution in [3.05, 3.63) is 22.9 Å². The van der Waals surface area contributed by atoms with Crippen molar-refractivity contribution in [2.24, 2.45) is 5.92 Å². The maximum absolute atomic E-state index is 11.5. The first-order valence-electron chi connectivity index (χ1n) is 6.90.